The van der Waals surface area contributed by atoms with Gasteiger partial charge in [0.2, 0.25) is 17.3 Å². The zero-order valence-corrected chi connectivity index (χ0v) is 19.0. The SMILES string of the molecule is COc1ccc(C(=O)C(=O)Cc2cc(OC)c(OC)c(OC)c2)cc1OCc1ccccc1. The lowest BCUT2D eigenvalue weighted by Crippen LogP contribution is -2.17. The van der Waals surface area contributed by atoms with Gasteiger partial charge in [-0.2, -0.15) is 0 Å². The smallest absolute Gasteiger partial charge is 0.229 e. The number of hydrogen-bond donors (Lipinski definition) is 0. The van der Waals surface area contributed by atoms with Gasteiger partial charge < -0.3 is 23.7 Å². The first-order valence-corrected chi connectivity index (χ1v) is 10.2. The minimum absolute atomic E-state index is 0.123. The van der Waals surface area contributed by atoms with Crippen LogP contribution in [0.25, 0.3) is 0 Å². The molecule has 0 aliphatic heterocycles. The van der Waals surface area contributed by atoms with Gasteiger partial charge in [0.05, 0.1) is 28.4 Å². The Bertz CT molecular complexity index is 1100. The fourth-order valence-corrected chi connectivity index (χ4v) is 3.33. The molecule has 3 rings (SSSR count). The summed E-state index contributed by atoms with van der Waals surface area (Å²) in [6.07, 6.45) is -0.123. The lowest BCUT2D eigenvalue weighted by atomic mass is 10.0. The highest BCUT2D eigenvalue weighted by Gasteiger charge is 2.21. The second-order valence-electron chi connectivity index (χ2n) is 7.10. The van der Waals surface area contributed by atoms with Gasteiger partial charge in [-0.05, 0) is 41.5 Å². The van der Waals surface area contributed by atoms with Gasteiger partial charge in [0.15, 0.2) is 23.0 Å². The number of Topliss-reactive ketones (excluding diaryl/α,β-unsaturated/α-hetero) is 2. The van der Waals surface area contributed by atoms with Gasteiger partial charge in [-0.3, -0.25) is 9.59 Å². The van der Waals surface area contributed by atoms with Crippen LogP contribution in [-0.4, -0.2) is 40.0 Å². The molecule has 7 heteroatoms. The number of hydrogen-bond acceptors (Lipinski definition) is 7. The largest absolute Gasteiger partial charge is 0.493 e. The fraction of sp³-hybridized carbons (Fsp3) is 0.231. The van der Waals surface area contributed by atoms with Gasteiger partial charge in [0.1, 0.15) is 6.61 Å². The lowest BCUT2D eigenvalue weighted by molar-refractivity contribution is -0.114. The molecule has 3 aromatic rings. The Labute approximate surface area is 192 Å². The van der Waals surface area contributed by atoms with Crippen molar-refractivity contribution >= 4 is 11.6 Å². The quantitative estimate of drug-likeness (QED) is 0.318. The van der Waals surface area contributed by atoms with Crippen LogP contribution in [0.4, 0.5) is 0 Å². The monoisotopic (exact) mass is 450 g/mol. The molecular formula is C26H26O7. The fourth-order valence-electron chi connectivity index (χ4n) is 3.33. The molecule has 0 heterocycles. The standard InChI is InChI=1S/C26H26O7/c1-29-21-11-10-19(15-22(21)33-16-17-8-6-5-7-9-17)25(28)20(27)12-18-13-23(30-2)26(32-4)24(14-18)31-3/h5-11,13-15H,12,16H2,1-4H3. The first-order chi connectivity index (χ1) is 16.0. The van der Waals surface area contributed by atoms with Crippen molar-refractivity contribution in [3.05, 3.63) is 77.4 Å². The average molecular weight is 450 g/mol. The van der Waals surface area contributed by atoms with E-state index >= 15 is 0 Å². The molecular weight excluding hydrogens is 424 g/mol. The summed E-state index contributed by atoms with van der Waals surface area (Å²) in [5.41, 5.74) is 1.75. The molecule has 0 amide bonds. The van der Waals surface area contributed by atoms with Crippen LogP contribution in [-0.2, 0) is 17.8 Å². The summed E-state index contributed by atoms with van der Waals surface area (Å²) in [5.74, 6) is 0.880. The molecule has 0 atom stereocenters. The van der Waals surface area contributed by atoms with Crippen molar-refractivity contribution in [1.82, 2.24) is 0 Å². The van der Waals surface area contributed by atoms with Crippen LogP contribution in [0.5, 0.6) is 28.7 Å². The van der Waals surface area contributed by atoms with E-state index in [4.69, 9.17) is 23.7 Å². The third-order valence-corrected chi connectivity index (χ3v) is 5.01. The van der Waals surface area contributed by atoms with Gasteiger partial charge in [-0.1, -0.05) is 30.3 Å². The Kier molecular flexibility index (Phi) is 7.91. The first-order valence-electron chi connectivity index (χ1n) is 10.2. The third kappa shape index (κ3) is 5.63. The van der Waals surface area contributed by atoms with Crippen molar-refractivity contribution in [2.45, 2.75) is 13.0 Å². The Morgan fingerprint density at radius 2 is 1.30 bits per heavy atom. The lowest BCUT2D eigenvalue weighted by Gasteiger charge is -2.14. The number of benzene rings is 3. The van der Waals surface area contributed by atoms with Crippen LogP contribution in [0.2, 0.25) is 0 Å². The molecule has 0 radical (unpaired) electrons. The Morgan fingerprint density at radius 1 is 0.667 bits per heavy atom. The van der Waals surface area contributed by atoms with E-state index in [9.17, 15) is 9.59 Å². The summed E-state index contributed by atoms with van der Waals surface area (Å²) < 4.78 is 27.1. The van der Waals surface area contributed by atoms with Crippen molar-refractivity contribution in [2.24, 2.45) is 0 Å². The first kappa shape index (κ1) is 23.7. The van der Waals surface area contributed by atoms with E-state index in [1.807, 2.05) is 30.3 Å². The molecule has 33 heavy (non-hydrogen) atoms. The average Bonchev–Trinajstić information content (AvgIpc) is 2.86. The number of carbonyl (C=O) groups is 2. The minimum atomic E-state index is -0.629. The summed E-state index contributed by atoms with van der Waals surface area (Å²) in [7, 11) is 5.99. The molecule has 7 nitrogen and oxygen atoms in total. The molecule has 0 spiro atoms. The number of carbonyl (C=O) groups excluding carboxylic acids is 2. The molecule has 0 saturated carbocycles. The Balaban J connectivity index is 1.79. The summed E-state index contributed by atoms with van der Waals surface area (Å²) in [6, 6.07) is 17.6. The molecule has 0 saturated heterocycles. The topological polar surface area (TPSA) is 80.3 Å². The minimum Gasteiger partial charge on any atom is -0.493 e. The van der Waals surface area contributed by atoms with E-state index in [2.05, 4.69) is 0 Å². The predicted octanol–water partition coefficient (Wildman–Crippen LogP) is 4.29. The molecule has 0 aromatic heterocycles. The van der Waals surface area contributed by atoms with Crippen LogP contribution in [0.3, 0.4) is 0 Å². The molecule has 0 aliphatic rings. The molecule has 3 aromatic carbocycles. The van der Waals surface area contributed by atoms with E-state index in [-0.39, 0.29) is 12.0 Å². The summed E-state index contributed by atoms with van der Waals surface area (Å²) in [4.78, 5) is 25.7. The van der Waals surface area contributed by atoms with Crippen LogP contribution >= 0.6 is 0 Å². The van der Waals surface area contributed by atoms with Gasteiger partial charge in [0.25, 0.3) is 0 Å². The van der Waals surface area contributed by atoms with E-state index in [1.54, 1.807) is 24.3 Å². The molecule has 172 valence electrons. The van der Waals surface area contributed by atoms with Crippen molar-refractivity contribution < 1.29 is 33.3 Å². The highest BCUT2D eigenvalue weighted by atomic mass is 16.5. The number of methoxy groups -OCH3 is 4. The van der Waals surface area contributed by atoms with E-state index in [0.717, 1.165) is 5.56 Å². The summed E-state index contributed by atoms with van der Waals surface area (Å²) in [5, 5.41) is 0. The molecule has 0 aliphatic carbocycles. The Morgan fingerprint density at radius 3 is 1.88 bits per heavy atom. The van der Waals surface area contributed by atoms with Crippen LogP contribution in [0.1, 0.15) is 21.5 Å². The van der Waals surface area contributed by atoms with Crippen LogP contribution in [0.15, 0.2) is 60.7 Å². The van der Waals surface area contributed by atoms with Gasteiger partial charge >= 0.3 is 0 Å². The zero-order chi connectivity index (χ0) is 23.8. The number of rotatable bonds is 11. The maximum Gasteiger partial charge on any atom is 0.229 e. The normalized spacial score (nSPS) is 10.3. The van der Waals surface area contributed by atoms with E-state index < -0.39 is 11.6 Å². The third-order valence-electron chi connectivity index (χ3n) is 5.01. The van der Waals surface area contributed by atoms with Crippen molar-refractivity contribution in [3.63, 3.8) is 0 Å². The maximum atomic E-state index is 12.9. The predicted molar refractivity (Wildman–Crippen MR) is 123 cm³/mol. The van der Waals surface area contributed by atoms with Crippen LogP contribution < -0.4 is 23.7 Å². The second kappa shape index (κ2) is 11.0. The molecule has 0 bridgehead atoms. The highest BCUT2D eigenvalue weighted by Crippen LogP contribution is 2.38. The van der Waals surface area contributed by atoms with E-state index in [1.165, 1.54) is 34.5 Å². The van der Waals surface area contributed by atoms with Gasteiger partial charge in [-0.25, -0.2) is 0 Å². The maximum absolute atomic E-state index is 12.9. The van der Waals surface area contributed by atoms with Crippen LogP contribution in [0, 0.1) is 0 Å². The zero-order valence-electron chi connectivity index (χ0n) is 19.0. The van der Waals surface area contributed by atoms with Crippen molar-refractivity contribution in [1.29, 1.82) is 0 Å². The molecule has 0 fully saturated rings. The molecule has 0 unspecified atom stereocenters. The number of ether oxygens (including phenoxy) is 5. The summed E-state index contributed by atoms with van der Waals surface area (Å²) >= 11 is 0. The Hall–Kier alpha value is -4.00. The van der Waals surface area contributed by atoms with Gasteiger partial charge in [0, 0.05) is 12.0 Å². The van der Waals surface area contributed by atoms with Crippen molar-refractivity contribution in [3.8, 4) is 28.7 Å². The van der Waals surface area contributed by atoms with Crippen molar-refractivity contribution in [2.75, 3.05) is 28.4 Å². The highest BCUT2D eigenvalue weighted by molar-refractivity contribution is 6.44. The number of ketones is 2. The summed E-state index contributed by atoms with van der Waals surface area (Å²) in [6.45, 7) is 0.300. The van der Waals surface area contributed by atoms with Gasteiger partial charge in [-0.15, -0.1) is 0 Å². The molecule has 0 N–H and O–H groups in total. The van der Waals surface area contributed by atoms with E-state index in [0.29, 0.717) is 40.9 Å². The second-order valence-corrected chi connectivity index (χ2v) is 7.10.